The lowest BCUT2D eigenvalue weighted by Gasteiger charge is -2.31. The molecule has 0 aliphatic carbocycles. The summed E-state index contributed by atoms with van der Waals surface area (Å²) < 4.78 is 16.5. The molecule has 4 atom stereocenters. The molecule has 0 bridgehead atoms. The number of esters is 2. The summed E-state index contributed by atoms with van der Waals surface area (Å²) in [5, 5.41) is 3.81. The third-order valence-electron chi connectivity index (χ3n) is 6.74. The van der Waals surface area contributed by atoms with Crippen molar-refractivity contribution in [2.45, 2.75) is 89.9 Å². The molecule has 1 heterocycles. The molecule has 0 fully saturated rings. The van der Waals surface area contributed by atoms with Crippen LogP contribution in [0.15, 0.2) is 66.9 Å². The third kappa shape index (κ3) is 10.3. The largest absolute Gasteiger partial charge is 0.469 e. The van der Waals surface area contributed by atoms with Gasteiger partial charge in [-0.3, -0.25) is 9.59 Å². The van der Waals surface area contributed by atoms with E-state index >= 15 is 0 Å². The number of hydrogen-bond donors (Lipinski definition) is 1. The summed E-state index contributed by atoms with van der Waals surface area (Å²) in [7, 11) is 1.39. The Balaban J connectivity index is 2.00. The van der Waals surface area contributed by atoms with Crippen molar-refractivity contribution in [3.05, 3.63) is 87.9 Å². The molecule has 0 spiro atoms. The summed E-state index contributed by atoms with van der Waals surface area (Å²) in [6, 6.07) is 19.2. The molecule has 3 rings (SSSR count). The SMILES string of the molecule is CC[C@H](C(=O)OC)c1cnc(C(Cc2ccccc2)C[C@H](OC(C)=O)[C@H](Cc2ccccc2)NC(=O)OC(C)(C)C)s1. The van der Waals surface area contributed by atoms with E-state index in [4.69, 9.17) is 19.2 Å². The first-order chi connectivity index (χ1) is 20.0. The van der Waals surface area contributed by atoms with Crippen LogP contribution in [0.2, 0.25) is 0 Å². The minimum Gasteiger partial charge on any atom is -0.469 e. The van der Waals surface area contributed by atoms with E-state index in [2.05, 4.69) is 5.32 Å². The molecule has 1 amide bonds. The van der Waals surface area contributed by atoms with E-state index in [0.717, 1.165) is 21.0 Å². The molecule has 1 aromatic heterocycles. The molecule has 0 aliphatic heterocycles. The first kappa shape index (κ1) is 32.8. The van der Waals surface area contributed by atoms with Crippen LogP contribution in [0.4, 0.5) is 4.79 Å². The Labute approximate surface area is 252 Å². The smallest absolute Gasteiger partial charge is 0.408 e. The zero-order chi connectivity index (χ0) is 30.7. The van der Waals surface area contributed by atoms with Gasteiger partial charge in [-0.05, 0) is 57.6 Å². The first-order valence-corrected chi connectivity index (χ1v) is 15.1. The predicted octanol–water partition coefficient (Wildman–Crippen LogP) is 6.59. The fraction of sp³-hybridized carbons (Fsp3) is 0.455. The molecule has 9 heteroatoms. The Kier molecular flexibility index (Phi) is 12.1. The van der Waals surface area contributed by atoms with Crippen molar-refractivity contribution in [3.63, 3.8) is 0 Å². The molecule has 0 saturated carbocycles. The van der Waals surface area contributed by atoms with Gasteiger partial charge < -0.3 is 19.5 Å². The van der Waals surface area contributed by atoms with Crippen LogP contribution in [0.1, 0.15) is 80.3 Å². The van der Waals surface area contributed by atoms with Gasteiger partial charge in [0, 0.05) is 23.9 Å². The summed E-state index contributed by atoms with van der Waals surface area (Å²) in [6.45, 7) is 8.72. The Morgan fingerprint density at radius 2 is 1.55 bits per heavy atom. The van der Waals surface area contributed by atoms with Gasteiger partial charge >= 0.3 is 18.0 Å². The van der Waals surface area contributed by atoms with Crippen molar-refractivity contribution in [3.8, 4) is 0 Å². The Morgan fingerprint density at radius 3 is 2.07 bits per heavy atom. The number of carbonyl (C=O) groups is 3. The van der Waals surface area contributed by atoms with Gasteiger partial charge in [0.2, 0.25) is 0 Å². The van der Waals surface area contributed by atoms with E-state index in [1.807, 2.05) is 67.6 Å². The Morgan fingerprint density at radius 1 is 0.952 bits per heavy atom. The molecular formula is C33H42N2O6S. The number of alkyl carbamates (subject to hydrolysis) is 1. The number of nitrogens with zero attached hydrogens (tertiary/aromatic N) is 1. The maximum Gasteiger partial charge on any atom is 0.408 e. The van der Waals surface area contributed by atoms with Crippen LogP contribution in [-0.4, -0.2) is 47.9 Å². The summed E-state index contributed by atoms with van der Waals surface area (Å²) in [5.41, 5.74) is 1.39. The molecule has 0 radical (unpaired) electrons. The highest BCUT2D eigenvalue weighted by Crippen LogP contribution is 2.35. The number of nitrogens with one attached hydrogen (secondary N) is 1. The van der Waals surface area contributed by atoms with Crippen LogP contribution in [0.5, 0.6) is 0 Å². The number of benzene rings is 2. The molecule has 0 saturated heterocycles. The first-order valence-electron chi connectivity index (χ1n) is 14.3. The van der Waals surface area contributed by atoms with Crippen molar-refractivity contribution >= 4 is 29.4 Å². The highest BCUT2D eigenvalue weighted by molar-refractivity contribution is 7.11. The fourth-order valence-corrected chi connectivity index (χ4v) is 6.04. The number of rotatable bonds is 13. The third-order valence-corrected chi connectivity index (χ3v) is 8.01. The molecule has 2 aromatic carbocycles. The average Bonchev–Trinajstić information content (AvgIpc) is 3.42. The van der Waals surface area contributed by atoms with E-state index in [0.29, 0.717) is 25.7 Å². The van der Waals surface area contributed by atoms with Crippen LogP contribution < -0.4 is 5.32 Å². The lowest BCUT2D eigenvalue weighted by molar-refractivity contribution is -0.148. The summed E-state index contributed by atoms with van der Waals surface area (Å²) in [4.78, 5) is 43.4. The minimum atomic E-state index is -0.694. The van der Waals surface area contributed by atoms with Gasteiger partial charge in [-0.1, -0.05) is 67.6 Å². The molecule has 3 aromatic rings. The molecule has 0 aliphatic rings. The average molecular weight is 595 g/mol. The van der Waals surface area contributed by atoms with Gasteiger partial charge in [0.15, 0.2) is 0 Å². The number of methoxy groups -OCH3 is 1. The van der Waals surface area contributed by atoms with Crippen molar-refractivity contribution in [1.82, 2.24) is 10.3 Å². The van der Waals surface area contributed by atoms with Gasteiger partial charge in [-0.2, -0.15) is 0 Å². The van der Waals surface area contributed by atoms with E-state index in [1.54, 1.807) is 27.0 Å². The second-order valence-electron chi connectivity index (χ2n) is 11.3. The maximum absolute atomic E-state index is 13.0. The minimum absolute atomic E-state index is 0.163. The van der Waals surface area contributed by atoms with Crippen molar-refractivity contribution in [1.29, 1.82) is 0 Å². The number of thiazole rings is 1. The molecular weight excluding hydrogens is 552 g/mol. The van der Waals surface area contributed by atoms with Crippen LogP contribution >= 0.6 is 11.3 Å². The monoisotopic (exact) mass is 594 g/mol. The number of aromatic nitrogens is 1. The summed E-state index contributed by atoms with van der Waals surface area (Å²) in [5.74, 6) is -1.31. The molecule has 1 unspecified atom stereocenters. The number of amides is 1. The lowest BCUT2D eigenvalue weighted by atomic mass is 9.89. The zero-order valence-electron chi connectivity index (χ0n) is 25.3. The number of ether oxygens (including phenoxy) is 3. The van der Waals surface area contributed by atoms with E-state index < -0.39 is 35.7 Å². The maximum atomic E-state index is 13.0. The second-order valence-corrected chi connectivity index (χ2v) is 12.4. The van der Waals surface area contributed by atoms with E-state index in [-0.39, 0.29) is 11.9 Å². The highest BCUT2D eigenvalue weighted by Gasteiger charge is 2.33. The summed E-state index contributed by atoms with van der Waals surface area (Å²) >= 11 is 1.47. The number of carbonyl (C=O) groups excluding carboxylic acids is 3. The van der Waals surface area contributed by atoms with Gasteiger partial charge in [0.25, 0.3) is 0 Å². The quantitative estimate of drug-likeness (QED) is 0.176. The lowest BCUT2D eigenvalue weighted by Crippen LogP contribution is -2.48. The predicted molar refractivity (Wildman–Crippen MR) is 164 cm³/mol. The van der Waals surface area contributed by atoms with Crippen molar-refractivity contribution in [2.75, 3.05) is 7.11 Å². The second kappa shape index (κ2) is 15.5. The molecule has 42 heavy (non-hydrogen) atoms. The topological polar surface area (TPSA) is 104 Å². The molecule has 1 N–H and O–H groups in total. The molecule has 226 valence electrons. The van der Waals surface area contributed by atoms with Gasteiger partial charge in [0.05, 0.1) is 24.1 Å². The normalized spacial score (nSPS) is 14.2. The Hall–Kier alpha value is -3.72. The van der Waals surface area contributed by atoms with Gasteiger partial charge in [-0.15, -0.1) is 11.3 Å². The van der Waals surface area contributed by atoms with Gasteiger partial charge in [-0.25, -0.2) is 9.78 Å². The Bertz CT molecular complexity index is 1290. The van der Waals surface area contributed by atoms with Crippen LogP contribution in [0.25, 0.3) is 0 Å². The summed E-state index contributed by atoms with van der Waals surface area (Å²) in [6.07, 6.45) is 2.52. The molecule has 8 nitrogen and oxygen atoms in total. The van der Waals surface area contributed by atoms with Crippen molar-refractivity contribution < 1.29 is 28.6 Å². The highest BCUT2D eigenvalue weighted by atomic mass is 32.1. The fourth-order valence-electron chi connectivity index (χ4n) is 4.84. The van der Waals surface area contributed by atoms with Crippen LogP contribution in [0, 0.1) is 0 Å². The van der Waals surface area contributed by atoms with E-state index in [1.165, 1.54) is 25.4 Å². The van der Waals surface area contributed by atoms with Gasteiger partial charge in [0.1, 0.15) is 11.7 Å². The van der Waals surface area contributed by atoms with Crippen molar-refractivity contribution in [2.24, 2.45) is 0 Å². The zero-order valence-corrected chi connectivity index (χ0v) is 26.1. The van der Waals surface area contributed by atoms with Crippen LogP contribution in [0.3, 0.4) is 0 Å². The number of hydrogen-bond acceptors (Lipinski definition) is 8. The van der Waals surface area contributed by atoms with E-state index in [9.17, 15) is 14.4 Å². The standard InChI is InChI=1S/C33H42N2O6S/c1-7-26(31(37)39-6)29-21-34-30(42-29)25(18-23-14-10-8-11-15-23)20-28(40-22(2)36)27(19-24-16-12-9-13-17-24)35-32(38)41-33(3,4)5/h8-17,21,25-28H,7,18-20H2,1-6H3,(H,35,38)/t25?,26-,27-,28-/m0/s1. The van der Waals surface area contributed by atoms with Crippen LogP contribution in [-0.2, 0) is 36.6 Å².